The molecule has 0 unspecified atom stereocenters. The van der Waals surface area contributed by atoms with Crippen LogP contribution in [-0.4, -0.2) is 19.1 Å². The summed E-state index contributed by atoms with van der Waals surface area (Å²) >= 11 is 6.30. The van der Waals surface area contributed by atoms with Crippen molar-refractivity contribution in [1.82, 2.24) is 5.32 Å². The molecule has 1 fully saturated rings. The predicted molar refractivity (Wildman–Crippen MR) is 96.5 cm³/mol. The molecular weight excluding hydrogens is 322 g/mol. The highest BCUT2D eigenvalue weighted by Crippen LogP contribution is 2.32. The van der Waals surface area contributed by atoms with E-state index >= 15 is 0 Å². The molecule has 0 spiro atoms. The molecule has 0 aromatic heterocycles. The quantitative estimate of drug-likeness (QED) is 0.728. The molecule has 1 aliphatic rings. The van der Waals surface area contributed by atoms with Gasteiger partial charge in [0, 0.05) is 6.42 Å². The molecule has 2 aromatic rings. The summed E-state index contributed by atoms with van der Waals surface area (Å²) in [5, 5.41) is 3.49. The minimum absolute atomic E-state index is 0.116. The van der Waals surface area contributed by atoms with Crippen LogP contribution in [0.1, 0.15) is 30.4 Å². The van der Waals surface area contributed by atoms with Crippen molar-refractivity contribution in [3.05, 3.63) is 64.7 Å². The number of carbonyl (C=O) groups excluding carboxylic acids is 1. The predicted octanol–water partition coefficient (Wildman–Crippen LogP) is 4.23. The number of rotatable bonds is 8. The first-order valence-corrected chi connectivity index (χ1v) is 8.80. The van der Waals surface area contributed by atoms with Crippen LogP contribution in [-0.2, 0) is 11.2 Å². The van der Waals surface area contributed by atoms with Crippen LogP contribution in [0, 0.1) is 5.92 Å². The first-order chi connectivity index (χ1) is 11.7. The highest BCUT2D eigenvalue weighted by Gasteiger charge is 2.23. The lowest BCUT2D eigenvalue weighted by molar-refractivity contribution is -0.121. The topological polar surface area (TPSA) is 38.3 Å². The maximum absolute atomic E-state index is 11.6. The van der Waals surface area contributed by atoms with Crippen LogP contribution in [0.3, 0.4) is 0 Å². The molecule has 0 saturated heterocycles. The fourth-order valence-electron chi connectivity index (χ4n) is 2.61. The van der Waals surface area contributed by atoms with Crippen LogP contribution < -0.4 is 10.1 Å². The van der Waals surface area contributed by atoms with Crippen LogP contribution in [0.4, 0.5) is 0 Å². The zero-order valence-corrected chi connectivity index (χ0v) is 14.4. The fourth-order valence-corrected chi connectivity index (χ4v) is 2.87. The minimum atomic E-state index is 0.116. The third-order valence-electron chi connectivity index (χ3n) is 4.10. The van der Waals surface area contributed by atoms with Crippen LogP contribution in [0.5, 0.6) is 5.75 Å². The Kier molecular flexibility index (Phi) is 5.76. The van der Waals surface area contributed by atoms with Gasteiger partial charge in [-0.3, -0.25) is 4.79 Å². The molecule has 0 atom stereocenters. The fraction of sp³-hybridized carbons (Fsp3) is 0.350. The molecule has 1 N–H and O–H groups in total. The minimum Gasteiger partial charge on any atom is -0.490 e. The van der Waals surface area contributed by atoms with E-state index in [1.807, 2.05) is 36.4 Å². The molecule has 2 aromatic carbocycles. The van der Waals surface area contributed by atoms with Gasteiger partial charge in [-0.05, 0) is 48.4 Å². The number of benzene rings is 2. The molecule has 4 heteroatoms. The molecule has 0 radical (unpaired) electrons. The number of hydrogen-bond donors (Lipinski definition) is 1. The van der Waals surface area contributed by atoms with Crippen molar-refractivity contribution in [2.24, 2.45) is 5.92 Å². The molecule has 3 nitrogen and oxygen atoms in total. The second-order valence-electron chi connectivity index (χ2n) is 6.27. The lowest BCUT2D eigenvalue weighted by Crippen LogP contribution is -2.28. The zero-order chi connectivity index (χ0) is 16.8. The van der Waals surface area contributed by atoms with Gasteiger partial charge in [-0.2, -0.15) is 0 Å². The third kappa shape index (κ3) is 5.27. The van der Waals surface area contributed by atoms with Crippen molar-refractivity contribution in [2.75, 3.05) is 13.2 Å². The Morgan fingerprint density at radius 3 is 2.62 bits per heavy atom. The van der Waals surface area contributed by atoms with Crippen LogP contribution >= 0.6 is 11.6 Å². The third-order valence-corrected chi connectivity index (χ3v) is 4.40. The van der Waals surface area contributed by atoms with Crippen molar-refractivity contribution >= 4 is 17.5 Å². The number of carbonyl (C=O) groups is 1. The van der Waals surface area contributed by atoms with E-state index in [1.165, 1.54) is 18.4 Å². The Morgan fingerprint density at radius 2 is 1.92 bits per heavy atom. The molecule has 1 aliphatic carbocycles. The van der Waals surface area contributed by atoms with E-state index in [9.17, 15) is 4.79 Å². The standard InChI is InChI=1S/C20H22ClNO2/c21-18-13-17(12-15-4-2-1-3-5-15)8-9-19(18)24-11-10-22-20(23)14-16-6-7-16/h1-5,8-9,13,16H,6-7,10-12,14H2,(H,22,23). The van der Waals surface area contributed by atoms with Gasteiger partial charge in [0.25, 0.3) is 0 Å². The van der Waals surface area contributed by atoms with Crippen LogP contribution in [0.15, 0.2) is 48.5 Å². The summed E-state index contributed by atoms with van der Waals surface area (Å²) in [6, 6.07) is 16.1. The van der Waals surface area contributed by atoms with Gasteiger partial charge in [-0.1, -0.05) is 48.0 Å². The van der Waals surface area contributed by atoms with E-state index in [0.29, 0.717) is 36.3 Å². The van der Waals surface area contributed by atoms with Crippen molar-refractivity contribution in [2.45, 2.75) is 25.7 Å². The molecule has 1 saturated carbocycles. The first kappa shape index (κ1) is 16.8. The SMILES string of the molecule is O=C(CC1CC1)NCCOc1ccc(Cc2ccccc2)cc1Cl. The van der Waals surface area contributed by atoms with Crippen LogP contribution in [0.2, 0.25) is 5.02 Å². The Morgan fingerprint density at radius 1 is 1.12 bits per heavy atom. The summed E-state index contributed by atoms with van der Waals surface area (Å²) in [6.07, 6.45) is 3.87. The average molecular weight is 344 g/mol. The van der Waals surface area contributed by atoms with Crippen molar-refractivity contribution in [3.63, 3.8) is 0 Å². The maximum Gasteiger partial charge on any atom is 0.220 e. The van der Waals surface area contributed by atoms with E-state index in [2.05, 4.69) is 17.4 Å². The van der Waals surface area contributed by atoms with E-state index in [4.69, 9.17) is 16.3 Å². The zero-order valence-electron chi connectivity index (χ0n) is 13.6. The number of nitrogens with one attached hydrogen (secondary N) is 1. The molecule has 0 aliphatic heterocycles. The van der Waals surface area contributed by atoms with E-state index in [0.717, 1.165) is 12.0 Å². The monoisotopic (exact) mass is 343 g/mol. The van der Waals surface area contributed by atoms with Gasteiger partial charge in [-0.25, -0.2) is 0 Å². The van der Waals surface area contributed by atoms with Crippen molar-refractivity contribution in [3.8, 4) is 5.75 Å². The average Bonchev–Trinajstić information content (AvgIpc) is 3.38. The Labute approximate surface area is 148 Å². The second-order valence-corrected chi connectivity index (χ2v) is 6.68. The molecule has 1 amide bonds. The van der Waals surface area contributed by atoms with Gasteiger partial charge in [0.2, 0.25) is 5.91 Å². The summed E-state index contributed by atoms with van der Waals surface area (Å²) in [6.45, 7) is 0.932. The summed E-state index contributed by atoms with van der Waals surface area (Å²) in [5.41, 5.74) is 2.40. The van der Waals surface area contributed by atoms with Gasteiger partial charge in [0.1, 0.15) is 12.4 Å². The second kappa shape index (κ2) is 8.20. The summed E-state index contributed by atoms with van der Waals surface area (Å²) < 4.78 is 5.67. The summed E-state index contributed by atoms with van der Waals surface area (Å²) in [4.78, 5) is 11.6. The molecule has 0 bridgehead atoms. The number of ether oxygens (including phenoxy) is 1. The van der Waals surface area contributed by atoms with Gasteiger partial charge in [0.15, 0.2) is 0 Å². The van der Waals surface area contributed by atoms with E-state index in [-0.39, 0.29) is 5.91 Å². The van der Waals surface area contributed by atoms with Gasteiger partial charge >= 0.3 is 0 Å². The normalized spacial score (nSPS) is 13.5. The Bertz CT molecular complexity index is 683. The largest absolute Gasteiger partial charge is 0.490 e. The molecule has 0 heterocycles. The Hall–Kier alpha value is -2.00. The molecule has 24 heavy (non-hydrogen) atoms. The Balaban J connectivity index is 1.45. The van der Waals surface area contributed by atoms with Crippen molar-refractivity contribution < 1.29 is 9.53 Å². The van der Waals surface area contributed by atoms with E-state index in [1.54, 1.807) is 0 Å². The van der Waals surface area contributed by atoms with Crippen LogP contribution in [0.25, 0.3) is 0 Å². The van der Waals surface area contributed by atoms with Gasteiger partial charge in [0.05, 0.1) is 11.6 Å². The van der Waals surface area contributed by atoms with Crippen molar-refractivity contribution in [1.29, 1.82) is 0 Å². The summed E-state index contributed by atoms with van der Waals surface area (Å²) in [5.74, 6) is 1.38. The number of halogens is 1. The molecular formula is C20H22ClNO2. The van der Waals surface area contributed by atoms with Gasteiger partial charge < -0.3 is 10.1 Å². The van der Waals surface area contributed by atoms with E-state index < -0.39 is 0 Å². The first-order valence-electron chi connectivity index (χ1n) is 8.42. The smallest absolute Gasteiger partial charge is 0.220 e. The number of amides is 1. The maximum atomic E-state index is 11.6. The number of hydrogen-bond acceptors (Lipinski definition) is 2. The molecule has 126 valence electrons. The lowest BCUT2D eigenvalue weighted by atomic mass is 10.1. The highest BCUT2D eigenvalue weighted by atomic mass is 35.5. The van der Waals surface area contributed by atoms with Gasteiger partial charge in [-0.15, -0.1) is 0 Å². The molecule has 3 rings (SSSR count). The highest BCUT2D eigenvalue weighted by molar-refractivity contribution is 6.32. The summed E-state index contributed by atoms with van der Waals surface area (Å²) in [7, 11) is 0. The lowest BCUT2D eigenvalue weighted by Gasteiger charge is -2.10.